The van der Waals surface area contributed by atoms with Gasteiger partial charge in [0.1, 0.15) is 10.9 Å². The maximum Gasteiger partial charge on any atom is 0.280 e. The van der Waals surface area contributed by atoms with Crippen molar-refractivity contribution in [2.75, 3.05) is 21.3 Å². The van der Waals surface area contributed by atoms with Crippen molar-refractivity contribution < 1.29 is 14.4 Å². The normalized spacial score (nSPS) is 9.87. The van der Waals surface area contributed by atoms with Gasteiger partial charge in [-0.3, -0.25) is 9.63 Å². The Bertz CT molecular complexity index is 370. The highest BCUT2D eigenvalue weighted by molar-refractivity contribution is 6.32. The highest BCUT2D eigenvalue weighted by Crippen LogP contribution is 2.20. The first-order valence-corrected chi connectivity index (χ1v) is 4.49. The third-order valence-electron chi connectivity index (χ3n) is 1.84. The van der Waals surface area contributed by atoms with Gasteiger partial charge in [-0.25, -0.2) is 10.0 Å². The molecule has 0 fully saturated rings. The topological polar surface area (TPSA) is 51.7 Å². The van der Waals surface area contributed by atoms with Crippen molar-refractivity contribution in [2.45, 2.75) is 0 Å². The van der Waals surface area contributed by atoms with E-state index in [4.69, 9.17) is 21.2 Å². The van der Waals surface area contributed by atoms with Crippen LogP contribution in [0.15, 0.2) is 12.3 Å². The van der Waals surface area contributed by atoms with E-state index in [2.05, 4.69) is 4.98 Å². The van der Waals surface area contributed by atoms with Gasteiger partial charge in [0.25, 0.3) is 5.91 Å². The van der Waals surface area contributed by atoms with E-state index in [1.807, 2.05) is 0 Å². The predicted molar refractivity (Wildman–Crippen MR) is 54.9 cm³/mol. The number of rotatable bonds is 3. The summed E-state index contributed by atoms with van der Waals surface area (Å²) in [4.78, 5) is 20.3. The minimum Gasteiger partial charge on any atom is -0.495 e. The number of carbonyl (C=O) groups excluding carboxylic acids is 1. The van der Waals surface area contributed by atoms with E-state index in [9.17, 15) is 4.79 Å². The zero-order valence-electron chi connectivity index (χ0n) is 8.65. The minimum absolute atomic E-state index is 0.115. The van der Waals surface area contributed by atoms with Gasteiger partial charge < -0.3 is 4.74 Å². The molecule has 1 heterocycles. The number of nitrogens with zero attached hydrogens (tertiary/aromatic N) is 2. The third kappa shape index (κ3) is 2.57. The Hall–Kier alpha value is -1.33. The second kappa shape index (κ2) is 4.95. The van der Waals surface area contributed by atoms with Crippen molar-refractivity contribution >= 4 is 17.5 Å². The standard InChI is InChI=1S/C9H11ClN2O3/c1-12(15-3)9(13)7-4-6(14-2)5-11-8(7)10/h4-5H,1-3H3. The summed E-state index contributed by atoms with van der Waals surface area (Å²) in [7, 11) is 4.36. The van der Waals surface area contributed by atoms with E-state index in [-0.39, 0.29) is 16.6 Å². The van der Waals surface area contributed by atoms with E-state index in [0.717, 1.165) is 5.06 Å². The first-order valence-electron chi connectivity index (χ1n) is 4.11. The van der Waals surface area contributed by atoms with Crippen LogP contribution in [0.4, 0.5) is 0 Å². The monoisotopic (exact) mass is 230 g/mol. The average molecular weight is 231 g/mol. The van der Waals surface area contributed by atoms with Crippen LogP contribution in [0.25, 0.3) is 0 Å². The molecule has 0 atom stereocenters. The van der Waals surface area contributed by atoms with Gasteiger partial charge in [0.15, 0.2) is 0 Å². The van der Waals surface area contributed by atoms with Crippen molar-refractivity contribution in [3.8, 4) is 5.75 Å². The number of pyridine rings is 1. The minimum atomic E-state index is -0.381. The van der Waals surface area contributed by atoms with Crippen LogP contribution in [0, 0.1) is 0 Å². The van der Waals surface area contributed by atoms with Gasteiger partial charge in [-0.15, -0.1) is 0 Å². The van der Waals surface area contributed by atoms with Crippen LogP contribution in [0.2, 0.25) is 5.15 Å². The molecule has 0 aliphatic carbocycles. The van der Waals surface area contributed by atoms with E-state index in [1.165, 1.54) is 33.5 Å². The van der Waals surface area contributed by atoms with Gasteiger partial charge in [0.05, 0.1) is 26.0 Å². The number of carbonyl (C=O) groups is 1. The Labute approximate surface area is 92.5 Å². The number of halogens is 1. The summed E-state index contributed by atoms with van der Waals surface area (Å²) in [5.41, 5.74) is 0.236. The Balaban J connectivity index is 3.07. The molecule has 0 spiro atoms. The lowest BCUT2D eigenvalue weighted by molar-refractivity contribution is -0.0757. The molecule has 6 heteroatoms. The molecule has 1 aromatic rings. The zero-order chi connectivity index (χ0) is 11.4. The molecule has 1 rings (SSSR count). The smallest absolute Gasteiger partial charge is 0.280 e. The summed E-state index contributed by atoms with van der Waals surface area (Å²) >= 11 is 5.78. The molecule has 0 aliphatic heterocycles. The summed E-state index contributed by atoms with van der Waals surface area (Å²) in [6.07, 6.45) is 1.44. The number of hydrogen-bond donors (Lipinski definition) is 0. The fourth-order valence-electron chi connectivity index (χ4n) is 0.943. The van der Waals surface area contributed by atoms with Crippen molar-refractivity contribution in [2.24, 2.45) is 0 Å². The van der Waals surface area contributed by atoms with Crippen molar-refractivity contribution in [1.82, 2.24) is 10.0 Å². The zero-order valence-corrected chi connectivity index (χ0v) is 9.41. The molecule has 0 saturated heterocycles. The first kappa shape index (κ1) is 11.7. The lowest BCUT2D eigenvalue weighted by atomic mass is 10.2. The molecule has 0 N–H and O–H groups in total. The molecule has 1 amide bonds. The van der Waals surface area contributed by atoms with Gasteiger partial charge in [-0.05, 0) is 6.07 Å². The Morgan fingerprint density at radius 2 is 2.20 bits per heavy atom. The molecule has 0 saturated carbocycles. The molecule has 5 nitrogen and oxygen atoms in total. The molecule has 0 aliphatic rings. The summed E-state index contributed by atoms with van der Waals surface area (Å²) in [6, 6.07) is 1.51. The molecule has 82 valence electrons. The van der Waals surface area contributed by atoms with Gasteiger partial charge in [-0.1, -0.05) is 11.6 Å². The summed E-state index contributed by atoms with van der Waals surface area (Å²) in [6.45, 7) is 0. The summed E-state index contributed by atoms with van der Waals surface area (Å²) < 4.78 is 4.94. The lowest BCUT2D eigenvalue weighted by Gasteiger charge is -2.14. The second-order valence-corrected chi connectivity index (χ2v) is 3.06. The number of amides is 1. The quantitative estimate of drug-likeness (QED) is 0.582. The van der Waals surface area contributed by atoms with E-state index in [1.54, 1.807) is 0 Å². The maximum absolute atomic E-state index is 11.7. The molecule has 0 radical (unpaired) electrons. The molecule has 0 bridgehead atoms. The van der Waals surface area contributed by atoms with E-state index >= 15 is 0 Å². The number of hydrogen-bond acceptors (Lipinski definition) is 4. The van der Waals surface area contributed by atoms with Crippen LogP contribution in [-0.4, -0.2) is 37.2 Å². The largest absolute Gasteiger partial charge is 0.495 e. The highest BCUT2D eigenvalue weighted by Gasteiger charge is 2.16. The Morgan fingerprint density at radius 3 is 2.73 bits per heavy atom. The second-order valence-electron chi connectivity index (χ2n) is 2.70. The lowest BCUT2D eigenvalue weighted by Crippen LogP contribution is -2.25. The van der Waals surface area contributed by atoms with Gasteiger partial charge >= 0.3 is 0 Å². The SMILES string of the molecule is COc1cnc(Cl)c(C(=O)N(C)OC)c1. The van der Waals surface area contributed by atoms with Crippen LogP contribution in [0.3, 0.4) is 0 Å². The predicted octanol–water partition coefficient (Wildman–Crippen LogP) is 1.38. The maximum atomic E-state index is 11.7. The Kier molecular flexibility index (Phi) is 3.88. The first-order chi connectivity index (χ1) is 7.10. The van der Waals surface area contributed by atoms with Gasteiger partial charge in [0.2, 0.25) is 0 Å². The summed E-state index contributed by atoms with van der Waals surface area (Å²) in [5.74, 6) is 0.0844. The van der Waals surface area contributed by atoms with E-state index < -0.39 is 0 Å². The van der Waals surface area contributed by atoms with Gasteiger partial charge in [0, 0.05) is 7.05 Å². The summed E-state index contributed by atoms with van der Waals surface area (Å²) in [5, 5.41) is 1.17. The van der Waals surface area contributed by atoms with Crippen LogP contribution >= 0.6 is 11.6 Å². The molecular formula is C9H11ClN2O3. The number of ether oxygens (including phenoxy) is 1. The number of aromatic nitrogens is 1. The van der Waals surface area contributed by atoms with Gasteiger partial charge in [-0.2, -0.15) is 0 Å². The highest BCUT2D eigenvalue weighted by atomic mass is 35.5. The molecule has 1 aromatic heterocycles. The molecule has 0 aromatic carbocycles. The van der Waals surface area contributed by atoms with Crippen molar-refractivity contribution in [3.05, 3.63) is 23.0 Å². The fraction of sp³-hybridized carbons (Fsp3) is 0.333. The van der Waals surface area contributed by atoms with Crippen molar-refractivity contribution in [3.63, 3.8) is 0 Å². The fourth-order valence-corrected chi connectivity index (χ4v) is 1.13. The van der Waals surface area contributed by atoms with Crippen molar-refractivity contribution in [1.29, 1.82) is 0 Å². The molecule has 15 heavy (non-hydrogen) atoms. The average Bonchev–Trinajstić information content (AvgIpc) is 2.27. The number of hydroxylamine groups is 2. The van der Waals surface area contributed by atoms with Crippen LogP contribution in [0.1, 0.15) is 10.4 Å². The van der Waals surface area contributed by atoms with Crippen LogP contribution in [-0.2, 0) is 4.84 Å². The third-order valence-corrected chi connectivity index (χ3v) is 2.14. The van der Waals surface area contributed by atoms with Crippen LogP contribution < -0.4 is 4.74 Å². The Morgan fingerprint density at radius 1 is 1.53 bits per heavy atom. The van der Waals surface area contributed by atoms with E-state index in [0.29, 0.717) is 5.75 Å². The molecular weight excluding hydrogens is 220 g/mol. The van der Waals surface area contributed by atoms with Crippen LogP contribution in [0.5, 0.6) is 5.75 Å². The number of methoxy groups -OCH3 is 1. The molecule has 0 unspecified atom stereocenters.